The summed E-state index contributed by atoms with van der Waals surface area (Å²) in [5.41, 5.74) is 0.431. The molecule has 1 aliphatic heterocycles. The second-order valence-corrected chi connectivity index (χ2v) is 4.77. The first-order valence-electron chi connectivity index (χ1n) is 6.72. The van der Waals surface area contributed by atoms with E-state index in [4.69, 9.17) is 4.74 Å². The molecule has 1 aromatic carbocycles. The van der Waals surface area contributed by atoms with Crippen molar-refractivity contribution in [2.24, 2.45) is 5.92 Å². The van der Waals surface area contributed by atoms with E-state index < -0.39 is 29.8 Å². The molecule has 5 nitrogen and oxygen atoms in total. The molecule has 0 bridgehead atoms. The quantitative estimate of drug-likeness (QED) is 0.836. The normalized spacial score (nSPS) is 21.4. The minimum absolute atomic E-state index is 0.202. The summed E-state index contributed by atoms with van der Waals surface area (Å²) in [7, 11) is 0. The lowest BCUT2D eigenvalue weighted by atomic mass is 9.89. The van der Waals surface area contributed by atoms with E-state index >= 15 is 0 Å². The third-order valence-corrected chi connectivity index (χ3v) is 3.21. The Morgan fingerprint density at radius 3 is 2.81 bits per heavy atom. The van der Waals surface area contributed by atoms with Crippen molar-refractivity contribution >= 4 is 12.0 Å². The zero-order valence-electron chi connectivity index (χ0n) is 11.7. The highest BCUT2D eigenvalue weighted by Gasteiger charge is 2.39. The minimum Gasteiger partial charge on any atom is -0.465 e. The van der Waals surface area contributed by atoms with Crippen LogP contribution >= 0.6 is 0 Å². The molecule has 21 heavy (non-hydrogen) atoms. The van der Waals surface area contributed by atoms with Crippen molar-refractivity contribution in [2.45, 2.75) is 19.4 Å². The van der Waals surface area contributed by atoms with Crippen LogP contribution < -0.4 is 10.6 Å². The number of benzene rings is 1. The smallest absolute Gasteiger partial charge is 0.319 e. The molecule has 1 heterocycles. The molecule has 1 fully saturated rings. The van der Waals surface area contributed by atoms with Gasteiger partial charge in [0.2, 0.25) is 0 Å². The van der Waals surface area contributed by atoms with Crippen LogP contribution in [0.3, 0.4) is 0 Å². The maximum atomic E-state index is 14.0. The van der Waals surface area contributed by atoms with Crippen molar-refractivity contribution in [2.75, 3.05) is 6.61 Å². The summed E-state index contributed by atoms with van der Waals surface area (Å²) in [6.07, 6.45) is 0.676. The van der Waals surface area contributed by atoms with E-state index in [2.05, 4.69) is 17.2 Å². The average Bonchev–Trinajstić information content (AvgIpc) is 2.44. The van der Waals surface area contributed by atoms with Gasteiger partial charge in [-0.2, -0.15) is 0 Å². The van der Waals surface area contributed by atoms with Gasteiger partial charge in [-0.05, 0) is 12.5 Å². The van der Waals surface area contributed by atoms with Gasteiger partial charge in [-0.3, -0.25) is 4.79 Å². The second kappa shape index (κ2) is 6.39. The first-order chi connectivity index (χ1) is 10.0. The van der Waals surface area contributed by atoms with Gasteiger partial charge in [-0.15, -0.1) is 0 Å². The summed E-state index contributed by atoms with van der Waals surface area (Å²) in [5.74, 6) is -1.90. The first kappa shape index (κ1) is 15.0. The molecule has 0 aliphatic carbocycles. The predicted molar refractivity (Wildman–Crippen MR) is 74.7 cm³/mol. The molecule has 0 radical (unpaired) electrons. The molecular formula is C15H17FN2O3. The van der Waals surface area contributed by atoms with Crippen LogP contribution in [-0.4, -0.2) is 18.6 Å². The van der Waals surface area contributed by atoms with E-state index in [1.807, 2.05) is 6.92 Å². The molecule has 0 unspecified atom stereocenters. The van der Waals surface area contributed by atoms with Gasteiger partial charge in [0.05, 0.1) is 12.6 Å². The van der Waals surface area contributed by atoms with E-state index in [1.54, 1.807) is 12.1 Å². The number of esters is 1. The topological polar surface area (TPSA) is 67.4 Å². The minimum atomic E-state index is -0.869. The molecule has 2 N–H and O–H groups in total. The fraction of sp³-hybridized carbons (Fsp3) is 0.333. The number of rotatable bonds is 4. The van der Waals surface area contributed by atoms with Gasteiger partial charge in [-0.1, -0.05) is 31.7 Å². The van der Waals surface area contributed by atoms with Gasteiger partial charge >= 0.3 is 12.0 Å². The van der Waals surface area contributed by atoms with Crippen LogP contribution in [0.25, 0.3) is 0 Å². The summed E-state index contributed by atoms with van der Waals surface area (Å²) in [6, 6.07) is 4.63. The standard InChI is InChI=1S/C15H17FN2O3/c1-3-8-21-14(19)12-9(2)17-15(20)18-13(12)10-6-4-5-7-11(10)16/h4-7,12-13H,2-3,8H2,1H3,(H2,17,18,20)/t12-,13+/m1/s1. The number of carbonyl (C=O) groups excluding carboxylic acids is 2. The zero-order valence-corrected chi connectivity index (χ0v) is 11.7. The Kier molecular flexibility index (Phi) is 4.57. The summed E-state index contributed by atoms with van der Waals surface area (Å²) in [4.78, 5) is 23.8. The molecule has 2 amide bonds. The van der Waals surface area contributed by atoms with Gasteiger partial charge in [0, 0.05) is 11.3 Å². The largest absolute Gasteiger partial charge is 0.465 e. The molecule has 2 rings (SSSR count). The lowest BCUT2D eigenvalue weighted by molar-refractivity contribution is -0.148. The number of ether oxygens (including phenoxy) is 1. The fourth-order valence-electron chi connectivity index (χ4n) is 2.24. The Balaban J connectivity index is 2.33. The molecule has 0 spiro atoms. The summed E-state index contributed by atoms with van der Waals surface area (Å²) >= 11 is 0. The fourth-order valence-corrected chi connectivity index (χ4v) is 2.24. The van der Waals surface area contributed by atoms with E-state index in [9.17, 15) is 14.0 Å². The van der Waals surface area contributed by atoms with Gasteiger partial charge in [0.15, 0.2) is 0 Å². The average molecular weight is 292 g/mol. The number of hydrogen-bond donors (Lipinski definition) is 2. The maximum Gasteiger partial charge on any atom is 0.319 e. The van der Waals surface area contributed by atoms with E-state index in [-0.39, 0.29) is 17.9 Å². The Bertz CT molecular complexity index is 574. The Hall–Kier alpha value is -2.37. The van der Waals surface area contributed by atoms with Crippen molar-refractivity contribution in [3.63, 3.8) is 0 Å². The van der Waals surface area contributed by atoms with Crippen LogP contribution in [0.4, 0.5) is 9.18 Å². The second-order valence-electron chi connectivity index (χ2n) is 4.77. The lowest BCUT2D eigenvalue weighted by Gasteiger charge is -2.33. The van der Waals surface area contributed by atoms with Crippen LogP contribution in [-0.2, 0) is 9.53 Å². The predicted octanol–water partition coefficient (Wildman–Crippen LogP) is 2.26. The number of halogens is 1. The highest BCUT2D eigenvalue weighted by atomic mass is 19.1. The van der Waals surface area contributed by atoms with Gasteiger partial charge < -0.3 is 15.4 Å². The van der Waals surface area contributed by atoms with Crippen LogP contribution in [0.1, 0.15) is 24.9 Å². The first-order valence-corrected chi connectivity index (χ1v) is 6.72. The number of urea groups is 1. The summed E-state index contributed by atoms with van der Waals surface area (Å²) in [6.45, 7) is 5.82. The van der Waals surface area contributed by atoms with E-state index in [0.717, 1.165) is 0 Å². The molecule has 6 heteroatoms. The molecule has 0 aromatic heterocycles. The van der Waals surface area contributed by atoms with E-state index in [0.29, 0.717) is 6.42 Å². The zero-order chi connectivity index (χ0) is 15.4. The Morgan fingerprint density at radius 2 is 2.14 bits per heavy atom. The number of amides is 2. The molecule has 1 saturated heterocycles. The van der Waals surface area contributed by atoms with Gasteiger partial charge in [-0.25, -0.2) is 9.18 Å². The molecule has 2 atom stereocenters. The number of carbonyl (C=O) groups is 2. The molecule has 1 aliphatic rings. The van der Waals surface area contributed by atoms with Crippen LogP contribution in [0.2, 0.25) is 0 Å². The third-order valence-electron chi connectivity index (χ3n) is 3.21. The van der Waals surface area contributed by atoms with Gasteiger partial charge in [0.25, 0.3) is 0 Å². The molecule has 1 aromatic rings. The van der Waals surface area contributed by atoms with Crippen LogP contribution in [0.5, 0.6) is 0 Å². The van der Waals surface area contributed by atoms with Crippen molar-refractivity contribution in [1.82, 2.24) is 10.6 Å². The van der Waals surface area contributed by atoms with Crippen molar-refractivity contribution < 1.29 is 18.7 Å². The van der Waals surface area contributed by atoms with Gasteiger partial charge in [0.1, 0.15) is 11.7 Å². The van der Waals surface area contributed by atoms with E-state index in [1.165, 1.54) is 12.1 Å². The Morgan fingerprint density at radius 1 is 1.43 bits per heavy atom. The highest BCUT2D eigenvalue weighted by Crippen LogP contribution is 2.31. The van der Waals surface area contributed by atoms with Crippen molar-refractivity contribution in [1.29, 1.82) is 0 Å². The maximum absolute atomic E-state index is 14.0. The molecular weight excluding hydrogens is 275 g/mol. The summed E-state index contributed by atoms with van der Waals surface area (Å²) in [5, 5.41) is 5.00. The van der Waals surface area contributed by atoms with Crippen LogP contribution in [0, 0.1) is 11.7 Å². The lowest BCUT2D eigenvalue weighted by Crippen LogP contribution is -2.51. The van der Waals surface area contributed by atoms with Crippen LogP contribution in [0.15, 0.2) is 36.5 Å². The SMILES string of the molecule is C=C1NC(=O)N[C@@H](c2ccccc2F)[C@@H]1C(=O)OCCC. The van der Waals surface area contributed by atoms with Crippen molar-refractivity contribution in [3.05, 3.63) is 47.9 Å². The monoisotopic (exact) mass is 292 g/mol. The third kappa shape index (κ3) is 3.21. The highest BCUT2D eigenvalue weighted by molar-refractivity contribution is 5.85. The molecule has 112 valence electrons. The Labute approximate surface area is 122 Å². The number of nitrogens with one attached hydrogen (secondary N) is 2. The molecule has 0 saturated carbocycles. The van der Waals surface area contributed by atoms with Crippen molar-refractivity contribution in [3.8, 4) is 0 Å². The number of hydrogen-bond acceptors (Lipinski definition) is 3. The summed E-state index contributed by atoms with van der Waals surface area (Å²) < 4.78 is 19.1.